The molecule has 0 bridgehead atoms. The minimum absolute atomic E-state index is 0.343. The van der Waals surface area contributed by atoms with Gasteiger partial charge >= 0.3 is 0 Å². The molecule has 0 atom stereocenters. The highest BCUT2D eigenvalue weighted by Gasteiger charge is 2.25. The molecule has 1 aliphatic heterocycles. The Morgan fingerprint density at radius 1 is 1.18 bits per heavy atom. The van der Waals surface area contributed by atoms with Crippen LogP contribution in [0.15, 0.2) is 17.2 Å². The first kappa shape index (κ1) is 15.6. The van der Waals surface area contributed by atoms with Gasteiger partial charge in [-0.2, -0.15) is 0 Å². The summed E-state index contributed by atoms with van der Waals surface area (Å²) in [6.07, 6.45) is 7.83. The lowest BCUT2D eigenvalue weighted by atomic mass is 10.0. The molecule has 5 nitrogen and oxygen atoms in total. The Labute approximate surface area is 136 Å². The second-order valence-electron chi connectivity index (χ2n) is 6.16. The summed E-state index contributed by atoms with van der Waals surface area (Å²) in [5, 5.41) is 9.40. The Bertz CT molecular complexity index is 493. The van der Waals surface area contributed by atoms with Crippen molar-refractivity contribution < 1.29 is 4.79 Å². The van der Waals surface area contributed by atoms with E-state index in [1.807, 2.05) is 23.3 Å². The van der Waals surface area contributed by atoms with Crippen molar-refractivity contribution >= 4 is 23.5 Å². The standard InChI is InChI=1S/C16H24N4OS/c1-22-15-7-6-14(17-18-15)19-8-10-20(11-9-19)16(21)12-13-4-2-3-5-13/h6-7,13H,2-5,8-12H2,1H3. The van der Waals surface area contributed by atoms with E-state index in [1.54, 1.807) is 11.8 Å². The fourth-order valence-corrected chi connectivity index (χ4v) is 3.69. The Balaban J connectivity index is 1.49. The zero-order valence-corrected chi connectivity index (χ0v) is 14.0. The van der Waals surface area contributed by atoms with Crippen LogP contribution >= 0.6 is 11.8 Å². The van der Waals surface area contributed by atoms with Crippen molar-refractivity contribution in [3.05, 3.63) is 12.1 Å². The van der Waals surface area contributed by atoms with E-state index in [4.69, 9.17) is 0 Å². The van der Waals surface area contributed by atoms with Crippen molar-refractivity contribution in [2.24, 2.45) is 5.92 Å². The zero-order chi connectivity index (χ0) is 15.4. The highest BCUT2D eigenvalue weighted by molar-refractivity contribution is 7.98. The van der Waals surface area contributed by atoms with Crippen LogP contribution in [0.25, 0.3) is 0 Å². The molecule has 1 aromatic heterocycles. The third kappa shape index (κ3) is 3.72. The third-order valence-electron chi connectivity index (χ3n) is 4.73. The van der Waals surface area contributed by atoms with Crippen LogP contribution in [0.1, 0.15) is 32.1 Å². The number of carbonyl (C=O) groups excluding carboxylic acids is 1. The predicted molar refractivity (Wildman–Crippen MR) is 89.2 cm³/mol. The quantitative estimate of drug-likeness (QED) is 0.798. The van der Waals surface area contributed by atoms with Gasteiger partial charge in [-0.15, -0.1) is 22.0 Å². The van der Waals surface area contributed by atoms with Gasteiger partial charge in [-0.1, -0.05) is 12.8 Å². The normalized spacial score (nSPS) is 19.7. The van der Waals surface area contributed by atoms with E-state index in [1.165, 1.54) is 25.7 Å². The summed E-state index contributed by atoms with van der Waals surface area (Å²) in [6, 6.07) is 4.03. The Morgan fingerprint density at radius 2 is 1.91 bits per heavy atom. The van der Waals surface area contributed by atoms with Gasteiger partial charge in [0, 0.05) is 32.6 Å². The monoisotopic (exact) mass is 320 g/mol. The molecular formula is C16H24N4OS. The van der Waals surface area contributed by atoms with E-state index in [0.29, 0.717) is 11.8 Å². The summed E-state index contributed by atoms with van der Waals surface area (Å²) in [5.74, 6) is 1.89. The van der Waals surface area contributed by atoms with Crippen LogP contribution in [0.2, 0.25) is 0 Å². The van der Waals surface area contributed by atoms with Crippen molar-refractivity contribution in [1.82, 2.24) is 15.1 Å². The van der Waals surface area contributed by atoms with Gasteiger partial charge < -0.3 is 9.80 Å². The zero-order valence-electron chi connectivity index (χ0n) is 13.2. The number of thioether (sulfide) groups is 1. The molecule has 1 saturated heterocycles. The maximum Gasteiger partial charge on any atom is 0.222 e. The number of anilines is 1. The molecule has 0 spiro atoms. The summed E-state index contributed by atoms with van der Waals surface area (Å²) >= 11 is 1.60. The van der Waals surface area contributed by atoms with E-state index in [9.17, 15) is 4.79 Å². The molecule has 1 aromatic rings. The third-order valence-corrected chi connectivity index (χ3v) is 5.37. The van der Waals surface area contributed by atoms with Gasteiger partial charge in [0.15, 0.2) is 5.82 Å². The molecule has 1 amide bonds. The van der Waals surface area contributed by atoms with Crippen LogP contribution in [0, 0.1) is 5.92 Å². The average molecular weight is 320 g/mol. The van der Waals surface area contributed by atoms with Crippen molar-refractivity contribution in [2.75, 3.05) is 37.3 Å². The SMILES string of the molecule is CSc1ccc(N2CCN(C(=O)CC3CCCC3)CC2)nn1. The van der Waals surface area contributed by atoms with Crippen LogP contribution in [0.4, 0.5) is 5.82 Å². The van der Waals surface area contributed by atoms with Gasteiger partial charge in [-0.3, -0.25) is 4.79 Å². The molecule has 6 heteroatoms. The fraction of sp³-hybridized carbons (Fsp3) is 0.688. The molecule has 1 aliphatic carbocycles. The molecule has 3 rings (SSSR count). The van der Waals surface area contributed by atoms with Crippen LogP contribution in [-0.4, -0.2) is 53.4 Å². The minimum Gasteiger partial charge on any atom is -0.352 e. The molecular weight excluding hydrogens is 296 g/mol. The van der Waals surface area contributed by atoms with Crippen molar-refractivity contribution in [3.63, 3.8) is 0 Å². The summed E-state index contributed by atoms with van der Waals surface area (Å²) in [7, 11) is 0. The summed E-state index contributed by atoms with van der Waals surface area (Å²) in [6.45, 7) is 3.31. The Kier molecular flexibility index (Phi) is 5.18. The lowest BCUT2D eigenvalue weighted by Crippen LogP contribution is -2.49. The highest BCUT2D eigenvalue weighted by Crippen LogP contribution is 2.28. The summed E-state index contributed by atoms with van der Waals surface area (Å²) < 4.78 is 0. The van der Waals surface area contributed by atoms with Gasteiger partial charge in [-0.25, -0.2) is 0 Å². The number of aromatic nitrogens is 2. The number of amides is 1. The molecule has 0 unspecified atom stereocenters. The first-order valence-electron chi connectivity index (χ1n) is 8.16. The van der Waals surface area contributed by atoms with E-state index in [-0.39, 0.29) is 0 Å². The fourth-order valence-electron chi connectivity index (χ4n) is 3.37. The Morgan fingerprint density at radius 3 is 2.50 bits per heavy atom. The predicted octanol–water partition coefficient (Wildman–Crippen LogP) is 2.43. The minimum atomic E-state index is 0.343. The number of nitrogens with zero attached hydrogens (tertiary/aromatic N) is 4. The van der Waals surface area contributed by atoms with Gasteiger partial charge in [0.2, 0.25) is 5.91 Å². The van der Waals surface area contributed by atoms with Crippen LogP contribution in [0.3, 0.4) is 0 Å². The van der Waals surface area contributed by atoms with Crippen molar-refractivity contribution in [3.8, 4) is 0 Å². The number of hydrogen-bond donors (Lipinski definition) is 0. The van der Waals surface area contributed by atoms with Crippen molar-refractivity contribution in [1.29, 1.82) is 0 Å². The molecule has 0 N–H and O–H groups in total. The topological polar surface area (TPSA) is 49.3 Å². The molecule has 120 valence electrons. The smallest absolute Gasteiger partial charge is 0.222 e. The van der Waals surface area contributed by atoms with Crippen LogP contribution in [-0.2, 0) is 4.79 Å². The van der Waals surface area contributed by atoms with Crippen LogP contribution in [0.5, 0.6) is 0 Å². The maximum atomic E-state index is 12.4. The molecule has 1 saturated carbocycles. The second-order valence-corrected chi connectivity index (χ2v) is 6.98. The van der Waals surface area contributed by atoms with Crippen molar-refractivity contribution in [2.45, 2.75) is 37.1 Å². The number of hydrogen-bond acceptors (Lipinski definition) is 5. The van der Waals surface area contributed by atoms with Crippen LogP contribution < -0.4 is 4.90 Å². The second kappa shape index (κ2) is 7.31. The summed E-state index contributed by atoms with van der Waals surface area (Å²) in [5.41, 5.74) is 0. The van der Waals surface area contributed by atoms with Gasteiger partial charge in [0.1, 0.15) is 5.03 Å². The van der Waals surface area contributed by atoms with E-state index >= 15 is 0 Å². The molecule has 0 aromatic carbocycles. The Hall–Kier alpha value is -1.30. The van der Waals surface area contributed by atoms with Gasteiger partial charge in [0.25, 0.3) is 0 Å². The molecule has 2 heterocycles. The van der Waals surface area contributed by atoms with E-state index in [2.05, 4.69) is 15.1 Å². The number of piperazine rings is 1. The molecule has 0 radical (unpaired) electrons. The molecule has 2 fully saturated rings. The number of rotatable bonds is 4. The molecule has 2 aliphatic rings. The molecule has 22 heavy (non-hydrogen) atoms. The highest BCUT2D eigenvalue weighted by atomic mass is 32.2. The first-order chi connectivity index (χ1) is 10.8. The average Bonchev–Trinajstić information content (AvgIpc) is 3.08. The number of carbonyl (C=O) groups is 1. The lowest BCUT2D eigenvalue weighted by molar-refractivity contribution is -0.132. The largest absolute Gasteiger partial charge is 0.352 e. The van der Waals surface area contributed by atoms with E-state index < -0.39 is 0 Å². The first-order valence-corrected chi connectivity index (χ1v) is 9.39. The van der Waals surface area contributed by atoms with Gasteiger partial charge in [-0.05, 0) is 37.1 Å². The van der Waals surface area contributed by atoms with E-state index in [0.717, 1.165) is 43.4 Å². The lowest BCUT2D eigenvalue weighted by Gasteiger charge is -2.35. The van der Waals surface area contributed by atoms with Gasteiger partial charge in [0.05, 0.1) is 0 Å². The summed E-state index contributed by atoms with van der Waals surface area (Å²) in [4.78, 5) is 16.6. The maximum absolute atomic E-state index is 12.4.